The van der Waals surface area contributed by atoms with Gasteiger partial charge in [0, 0.05) is 30.7 Å². The normalized spacial score (nSPS) is 10.4. The van der Waals surface area contributed by atoms with E-state index in [-0.39, 0.29) is 5.91 Å². The number of amides is 1. The van der Waals surface area contributed by atoms with Crippen LogP contribution in [0.3, 0.4) is 0 Å². The largest absolute Gasteiger partial charge is 0.377 e. The first kappa shape index (κ1) is 15.8. The molecule has 7 heteroatoms. The van der Waals surface area contributed by atoms with E-state index in [1.165, 1.54) is 18.7 Å². The standard InChI is InChI=1S/C14H14ClN3O2S/c1-9(19)16-10-3-5-11(6-4-10)21-14-7-12(15)17-13(18-14)8-20-2/h3-7H,8H2,1-2H3,(H,16,19). The Bertz CT molecular complexity index is 635. The highest BCUT2D eigenvalue weighted by Crippen LogP contribution is 2.28. The summed E-state index contributed by atoms with van der Waals surface area (Å²) >= 11 is 7.43. The Hall–Kier alpha value is -1.63. The second-order valence-corrected chi connectivity index (χ2v) is 5.67. The number of hydrogen-bond donors (Lipinski definition) is 1. The Morgan fingerprint density at radius 3 is 2.67 bits per heavy atom. The average Bonchev–Trinajstić information content (AvgIpc) is 2.40. The molecule has 0 atom stereocenters. The van der Waals surface area contributed by atoms with Gasteiger partial charge in [-0.25, -0.2) is 9.97 Å². The van der Waals surface area contributed by atoms with Crippen LogP contribution in [0.15, 0.2) is 40.3 Å². The monoisotopic (exact) mass is 323 g/mol. The van der Waals surface area contributed by atoms with Gasteiger partial charge in [-0.2, -0.15) is 0 Å². The van der Waals surface area contributed by atoms with Gasteiger partial charge in [0.25, 0.3) is 0 Å². The van der Waals surface area contributed by atoms with Crippen molar-refractivity contribution in [1.29, 1.82) is 0 Å². The van der Waals surface area contributed by atoms with E-state index in [0.717, 1.165) is 15.6 Å². The third-order valence-corrected chi connectivity index (χ3v) is 3.51. The molecule has 2 rings (SSSR count). The van der Waals surface area contributed by atoms with E-state index < -0.39 is 0 Å². The van der Waals surface area contributed by atoms with Crippen LogP contribution in [-0.4, -0.2) is 23.0 Å². The summed E-state index contributed by atoms with van der Waals surface area (Å²) in [4.78, 5) is 20.4. The maximum Gasteiger partial charge on any atom is 0.221 e. The van der Waals surface area contributed by atoms with Crippen molar-refractivity contribution in [1.82, 2.24) is 9.97 Å². The minimum atomic E-state index is -0.0952. The minimum absolute atomic E-state index is 0.0952. The highest BCUT2D eigenvalue weighted by Gasteiger charge is 2.05. The maximum atomic E-state index is 11.0. The molecule has 0 spiro atoms. The molecule has 1 amide bonds. The molecule has 0 radical (unpaired) electrons. The first-order valence-corrected chi connectivity index (χ1v) is 7.34. The smallest absolute Gasteiger partial charge is 0.221 e. The average molecular weight is 324 g/mol. The molecule has 110 valence electrons. The first-order chi connectivity index (χ1) is 10.1. The van der Waals surface area contributed by atoms with Crippen LogP contribution in [0.5, 0.6) is 0 Å². The lowest BCUT2D eigenvalue weighted by Gasteiger charge is -2.06. The number of anilines is 1. The van der Waals surface area contributed by atoms with Crippen LogP contribution in [0.2, 0.25) is 5.15 Å². The number of aromatic nitrogens is 2. The number of ether oxygens (including phenoxy) is 1. The number of carbonyl (C=O) groups is 1. The number of halogens is 1. The minimum Gasteiger partial charge on any atom is -0.377 e. The van der Waals surface area contributed by atoms with Gasteiger partial charge in [0.05, 0.1) is 0 Å². The van der Waals surface area contributed by atoms with Crippen molar-refractivity contribution in [3.05, 3.63) is 41.3 Å². The summed E-state index contributed by atoms with van der Waals surface area (Å²) < 4.78 is 5.01. The lowest BCUT2D eigenvalue weighted by molar-refractivity contribution is -0.114. The first-order valence-electron chi connectivity index (χ1n) is 6.14. The number of benzene rings is 1. The summed E-state index contributed by atoms with van der Waals surface area (Å²) in [6.07, 6.45) is 0. The zero-order valence-electron chi connectivity index (χ0n) is 11.6. The number of nitrogens with one attached hydrogen (secondary N) is 1. The Labute approximate surface area is 132 Å². The molecular formula is C14H14ClN3O2S. The van der Waals surface area contributed by atoms with Crippen LogP contribution in [0, 0.1) is 0 Å². The van der Waals surface area contributed by atoms with Crippen molar-refractivity contribution in [2.75, 3.05) is 12.4 Å². The molecule has 1 N–H and O–H groups in total. The number of methoxy groups -OCH3 is 1. The van der Waals surface area contributed by atoms with Crippen molar-refractivity contribution in [2.45, 2.75) is 23.5 Å². The van der Waals surface area contributed by atoms with E-state index >= 15 is 0 Å². The van der Waals surface area contributed by atoms with Crippen LogP contribution in [0.4, 0.5) is 5.69 Å². The summed E-state index contributed by atoms with van der Waals surface area (Å²) in [7, 11) is 1.58. The summed E-state index contributed by atoms with van der Waals surface area (Å²) in [6, 6.07) is 9.18. The molecule has 5 nitrogen and oxygen atoms in total. The van der Waals surface area contributed by atoms with Crippen molar-refractivity contribution in [3.63, 3.8) is 0 Å². The molecule has 0 aliphatic heterocycles. The molecule has 21 heavy (non-hydrogen) atoms. The molecule has 1 aromatic carbocycles. The molecule has 0 saturated heterocycles. The Morgan fingerprint density at radius 2 is 2.05 bits per heavy atom. The third-order valence-electron chi connectivity index (χ3n) is 2.39. The molecule has 0 aliphatic carbocycles. The van der Waals surface area contributed by atoms with Crippen LogP contribution < -0.4 is 5.32 Å². The SMILES string of the molecule is COCc1nc(Cl)cc(Sc2ccc(NC(C)=O)cc2)n1. The van der Waals surface area contributed by atoms with Gasteiger partial charge in [-0.05, 0) is 24.3 Å². The van der Waals surface area contributed by atoms with E-state index in [9.17, 15) is 4.79 Å². The summed E-state index contributed by atoms with van der Waals surface area (Å²) in [6.45, 7) is 1.79. The van der Waals surface area contributed by atoms with Gasteiger partial charge in [-0.15, -0.1) is 0 Å². The fourth-order valence-corrected chi connectivity index (χ4v) is 2.72. The van der Waals surface area contributed by atoms with Crippen molar-refractivity contribution >= 4 is 35.0 Å². The Kier molecular flexibility index (Phi) is 5.55. The van der Waals surface area contributed by atoms with Gasteiger partial charge in [-0.3, -0.25) is 4.79 Å². The van der Waals surface area contributed by atoms with E-state index in [1.807, 2.05) is 24.3 Å². The molecule has 2 aromatic rings. The van der Waals surface area contributed by atoms with Crippen molar-refractivity contribution in [3.8, 4) is 0 Å². The maximum absolute atomic E-state index is 11.0. The van der Waals surface area contributed by atoms with Gasteiger partial charge in [0.1, 0.15) is 16.8 Å². The quantitative estimate of drug-likeness (QED) is 0.854. The van der Waals surface area contributed by atoms with E-state index in [0.29, 0.717) is 17.6 Å². The molecule has 0 fully saturated rings. The van der Waals surface area contributed by atoms with Crippen molar-refractivity contribution < 1.29 is 9.53 Å². The second kappa shape index (κ2) is 7.40. The van der Waals surface area contributed by atoms with Crippen LogP contribution in [0.1, 0.15) is 12.7 Å². The fourth-order valence-electron chi connectivity index (χ4n) is 1.62. The number of carbonyl (C=O) groups excluding carboxylic acids is 1. The zero-order chi connectivity index (χ0) is 15.2. The van der Waals surface area contributed by atoms with Crippen LogP contribution in [-0.2, 0) is 16.1 Å². The number of hydrogen-bond acceptors (Lipinski definition) is 5. The summed E-state index contributed by atoms with van der Waals surface area (Å²) in [5.74, 6) is 0.449. The molecule has 1 heterocycles. The molecular weight excluding hydrogens is 310 g/mol. The molecule has 1 aromatic heterocycles. The summed E-state index contributed by atoms with van der Waals surface area (Å²) in [5.41, 5.74) is 0.757. The third kappa shape index (κ3) is 5.00. The lowest BCUT2D eigenvalue weighted by atomic mass is 10.3. The topological polar surface area (TPSA) is 64.1 Å². The highest BCUT2D eigenvalue weighted by atomic mass is 35.5. The van der Waals surface area contributed by atoms with Gasteiger partial charge in [0.15, 0.2) is 5.82 Å². The van der Waals surface area contributed by atoms with E-state index in [1.54, 1.807) is 13.2 Å². The van der Waals surface area contributed by atoms with E-state index in [4.69, 9.17) is 16.3 Å². The number of nitrogens with zero attached hydrogens (tertiary/aromatic N) is 2. The second-order valence-electron chi connectivity index (χ2n) is 4.19. The van der Waals surface area contributed by atoms with Crippen molar-refractivity contribution in [2.24, 2.45) is 0 Å². The molecule has 0 bridgehead atoms. The van der Waals surface area contributed by atoms with Gasteiger partial charge in [-0.1, -0.05) is 23.4 Å². The molecule has 0 aliphatic rings. The van der Waals surface area contributed by atoms with Gasteiger partial charge >= 0.3 is 0 Å². The Balaban J connectivity index is 2.12. The fraction of sp³-hybridized carbons (Fsp3) is 0.214. The van der Waals surface area contributed by atoms with Gasteiger partial charge in [0.2, 0.25) is 5.91 Å². The molecule has 0 unspecified atom stereocenters. The Morgan fingerprint density at radius 1 is 1.33 bits per heavy atom. The van der Waals surface area contributed by atoms with Crippen LogP contribution >= 0.6 is 23.4 Å². The predicted molar refractivity (Wildman–Crippen MR) is 82.6 cm³/mol. The van der Waals surface area contributed by atoms with Crippen LogP contribution in [0.25, 0.3) is 0 Å². The highest BCUT2D eigenvalue weighted by molar-refractivity contribution is 7.99. The number of rotatable bonds is 5. The van der Waals surface area contributed by atoms with E-state index in [2.05, 4.69) is 15.3 Å². The molecule has 0 saturated carbocycles. The zero-order valence-corrected chi connectivity index (χ0v) is 13.2. The summed E-state index contributed by atoms with van der Waals surface area (Å²) in [5, 5.41) is 3.85. The van der Waals surface area contributed by atoms with Gasteiger partial charge < -0.3 is 10.1 Å². The lowest BCUT2D eigenvalue weighted by Crippen LogP contribution is -2.05. The predicted octanol–water partition coefficient (Wildman–Crippen LogP) is 3.39.